The first kappa shape index (κ1) is 32.4. The van der Waals surface area contributed by atoms with Crippen LogP contribution in [0.3, 0.4) is 0 Å². The molecule has 0 spiro atoms. The third-order valence-corrected chi connectivity index (χ3v) is 11.5. The largest absolute Gasteiger partial charge is 0.444 e. The van der Waals surface area contributed by atoms with E-state index in [9.17, 15) is 4.79 Å². The summed E-state index contributed by atoms with van der Waals surface area (Å²) in [5.41, 5.74) is 3.71. The number of amides is 1. The van der Waals surface area contributed by atoms with E-state index in [0.29, 0.717) is 31.6 Å². The molecule has 47 heavy (non-hydrogen) atoms. The summed E-state index contributed by atoms with van der Waals surface area (Å²) in [7, 11) is -1.24. The molecule has 3 fully saturated rings. The van der Waals surface area contributed by atoms with Crippen LogP contribution in [0.25, 0.3) is 33.2 Å². The minimum Gasteiger partial charge on any atom is -0.444 e. The van der Waals surface area contributed by atoms with Gasteiger partial charge in [-0.15, -0.1) is 0 Å². The van der Waals surface area contributed by atoms with E-state index in [1.54, 1.807) is 0 Å². The molecule has 0 saturated carbocycles. The van der Waals surface area contributed by atoms with Gasteiger partial charge in [-0.05, 0) is 58.6 Å². The Balaban J connectivity index is 1.19. The van der Waals surface area contributed by atoms with Crippen molar-refractivity contribution in [1.29, 1.82) is 0 Å². The molecular formula is C34H46ClN7O4Si. The van der Waals surface area contributed by atoms with Crippen molar-refractivity contribution in [2.45, 2.75) is 109 Å². The maximum absolute atomic E-state index is 12.5. The lowest BCUT2D eigenvalue weighted by Crippen LogP contribution is -2.51. The molecule has 3 aliphatic rings. The van der Waals surface area contributed by atoms with Gasteiger partial charge in [0, 0.05) is 61.7 Å². The number of ether oxygens (including phenoxy) is 3. The summed E-state index contributed by atoms with van der Waals surface area (Å²) < 4.78 is 21.2. The molecule has 3 aromatic heterocycles. The number of piperidine rings is 1. The van der Waals surface area contributed by atoms with Crippen molar-refractivity contribution in [2.24, 2.45) is 0 Å². The molecule has 7 rings (SSSR count). The van der Waals surface area contributed by atoms with E-state index in [1.807, 2.05) is 50.0 Å². The Morgan fingerprint density at radius 3 is 2.49 bits per heavy atom. The van der Waals surface area contributed by atoms with Gasteiger partial charge in [-0.1, -0.05) is 37.3 Å². The molecule has 1 amide bonds. The number of aromatic nitrogens is 5. The number of rotatable bonds is 9. The predicted molar refractivity (Wildman–Crippen MR) is 187 cm³/mol. The summed E-state index contributed by atoms with van der Waals surface area (Å²) in [6.07, 6.45) is 9.45. The van der Waals surface area contributed by atoms with Gasteiger partial charge in [-0.3, -0.25) is 4.68 Å². The quantitative estimate of drug-likeness (QED) is 0.149. The van der Waals surface area contributed by atoms with Gasteiger partial charge in [0.05, 0.1) is 36.0 Å². The minimum absolute atomic E-state index is 0.0729. The van der Waals surface area contributed by atoms with E-state index in [0.717, 1.165) is 70.7 Å². The van der Waals surface area contributed by atoms with E-state index in [4.69, 9.17) is 40.9 Å². The van der Waals surface area contributed by atoms with Gasteiger partial charge < -0.3 is 29.0 Å². The number of anilines is 1. The number of fused-ring (bicyclic) bond motifs is 4. The van der Waals surface area contributed by atoms with Gasteiger partial charge in [0.15, 0.2) is 5.65 Å². The number of alkyl carbamates (subject to hydrolysis) is 1. The van der Waals surface area contributed by atoms with Gasteiger partial charge >= 0.3 is 6.09 Å². The summed E-state index contributed by atoms with van der Waals surface area (Å²) in [6.45, 7) is 15.2. The van der Waals surface area contributed by atoms with Crippen molar-refractivity contribution in [2.75, 3.05) is 24.7 Å². The van der Waals surface area contributed by atoms with Crippen molar-refractivity contribution < 1.29 is 19.0 Å². The van der Waals surface area contributed by atoms with Crippen LogP contribution in [0.4, 0.5) is 10.6 Å². The Kier molecular flexibility index (Phi) is 8.51. The number of nitrogens with zero attached hydrogens (tertiary/aromatic N) is 6. The first-order valence-corrected chi connectivity index (χ1v) is 20.9. The van der Waals surface area contributed by atoms with E-state index in [-0.39, 0.29) is 30.3 Å². The number of nitrogens with one attached hydrogen (secondary N) is 1. The molecule has 252 valence electrons. The van der Waals surface area contributed by atoms with Crippen LogP contribution in [-0.4, -0.2) is 82.0 Å². The fourth-order valence-corrected chi connectivity index (χ4v) is 8.06. The second-order valence-corrected chi connectivity index (χ2v) is 21.5. The predicted octanol–water partition coefficient (Wildman–Crippen LogP) is 7.01. The van der Waals surface area contributed by atoms with Crippen LogP contribution >= 0.6 is 11.6 Å². The zero-order valence-electron chi connectivity index (χ0n) is 28.3. The average molecular weight is 680 g/mol. The van der Waals surface area contributed by atoms with Crippen molar-refractivity contribution in [1.82, 2.24) is 29.6 Å². The van der Waals surface area contributed by atoms with Crippen LogP contribution < -0.4 is 10.2 Å². The maximum atomic E-state index is 12.5. The fraction of sp³-hybridized carbons (Fsp3) is 0.588. The molecule has 1 N–H and O–H groups in total. The third kappa shape index (κ3) is 6.74. The topological polar surface area (TPSA) is 109 Å². The highest BCUT2D eigenvalue weighted by atomic mass is 35.5. The maximum Gasteiger partial charge on any atom is 0.407 e. The van der Waals surface area contributed by atoms with Crippen LogP contribution in [-0.2, 0) is 20.9 Å². The molecule has 6 heterocycles. The van der Waals surface area contributed by atoms with Crippen LogP contribution in [0.5, 0.6) is 0 Å². The second kappa shape index (κ2) is 12.4. The zero-order valence-corrected chi connectivity index (χ0v) is 30.0. The van der Waals surface area contributed by atoms with Gasteiger partial charge in [0.2, 0.25) is 0 Å². The molecule has 2 bridgehead atoms. The van der Waals surface area contributed by atoms with Crippen LogP contribution in [0, 0.1) is 0 Å². The van der Waals surface area contributed by atoms with Crippen LogP contribution in [0.15, 0.2) is 30.7 Å². The Hall–Kier alpha value is -3.19. The fourth-order valence-electron chi connectivity index (χ4n) is 6.99. The van der Waals surface area contributed by atoms with Crippen LogP contribution in [0.2, 0.25) is 30.7 Å². The standard InChI is InChI=1S/C34H46ClN7O4Si/c1-34(2,3)46-33(43)37-21-13-22-7-8-23(14-21)42(22)29-15-36-31-26(16-40(32(31)38-29)20-44-11-12-47(4,5)6)25-9-10-28-27(30(25)35)17-41(39-28)24-18-45-19-24/h9-10,15-17,21-24H,7-8,11-14,18-20H2,1-6H3,(H,37,43)/t21-,22+,23?/m1/s1. The number of carbonyl (C=O) groups excluding carboxylic acids is 1. The van der Waals surface area contributed by atoms with Crippen molar-refractivity contribution in [3.8, 4) is 11.1 Å². The number of hydrogen-bond acceptors (Lipinski definition) is 8. The Morgan fingerprint density at radius 2 is 1.83 bits per heavy atom. The number of halogens is 1. The van der Waals surface area contributed by atoms with Crippen molar-refractivity contribution in [3.63, 3.8) is 0 Å². The molecule has 1 aromatic carbocycles. The monoisotopic (exact) mass is 679 g/mol. The van der Waals surface area contributed by atoms with Crippen molar-refractivity contribution in [3.05, 3.63) is 35.7 Å². The number of benzene rings is 1. The van der Waals surface area contributed by atoms with Gasteiger partial charge in [-0.25, -0.2) is 14.8 Å². The highest BCUT2D eigenvalue weighted by Gasteiger charge is 2.42. The molecule has 3 atom stereocenters. The van der Waals surface area contributed by atoms with Gasteiger partial charge in [0.1, 0.15) is 23.7 Å². The molecule has 4 aromatic rings. The third-order valence-electron chi connectivity index (χ3n) is 9.42. The smallest absolute Gasteiger partial charge is 0.407 e. The van der Waals surface area contributed by atoms with E-state index >= 15 is 0 Å². The summed E-state index contributed by atoms with van der Waals surface area (Å²) in [5.74, 6) is 0.860. The second-order valence-electron chi connectivity index (χ2n) is 15.5. The molecule has 13 heteroatoms. The molecular weight excluding hydrogens is 634 g/mol. The Labute approximate surface area is 281 Å². The highest BCUT2D eigenvalue weighted by Crippen LogP contribution is 2.41. The summed E-state index contributed by atoms with van der Waals surface area (Å²) in [6, 6.07) is 6.00. The lowest BCUT2D eigenvalue weighted by atomic mass is 9.97. The first-order valence-electron chi connectivity index (χ1n) is 16.8. The van der Waals surface area contributed by atoms with E-state index < -0.39 is 13.7 Å². The Bertz CT molecular complexity index is 1780. The molecule has 0 radical (unpaired) electrons. The molecule has 11 nitrogen and oxygen atoms in total. The summed E-state index contributed by atoms with van der Waals surface area (Å²) >= 11 is 7.11. The molecule has 3 aliphatic heterocycles. The first-order chi connectivity index (χ1) is 22.3. The summed E-state index contributed by atoms with van der Waals surface area (Å²) in [4.78, 5) is 25.2. The Morgan fingerprint density at radius 1 is 1.09 bits per heavy atom. The average Bonchev–Trinajstić information content (AvgIpc) is 3.61. The zero-order chi connectivity index (χ0) is 33.1. The molecule has 3 saturated heterocycles. The lowest BCUT2D eigenvalue weighted by Gasteiger charge is -2.39. The molecule has 1 unspecified atom stereocenters. The van der Waals surface area contributed by atoms with Crippen molar-refractivity contribution >= 4 is 53.7 Å². The normalized spacial score (nSPS) is 21.9. The van der Waals surface area contributed by atoms with E-state index in [2.05, 4.69) is 40.6 Å². The molecule has 0 aliphatic carbocycles. The highest BCUT2D eigenvalue weighted by molar-refractivity contribution is 6.76. The number of carbonyl (C=O) groups is 1. The lowest BCUT2D eigenvalue weighted by molar-refractivity contribution is -0.0283. The van der Waals surface area contributed by atoms with Crippen LogP contribution in [0.1, 0.15) is 52.5 Å². The van der Waals surface area contributed by atoms with Gasteiger partial charge in [-0.2, -0.15) is 5.10 Å². The summed E-state index contributed by atoms with van der Waals surface area (Å²) in [5, 5.41) is 9.43. The number of hydrogen-bond donors (Lipinski definition) is 1. The van der Waals surface area contributed by atoms with E-state index in [1.165, 1.54) is 0 Å². The minimum atomic E-state index is -1.24. The SMILES string of the molecule is CC(C)(C)OC(=O)N[C@H]1CC2CC[C@@H](C1)N2c1cnc2c(-c3ccc4nn(C5COC5)cc4c3Cl)cn(COCC[Si](C)(C)C)c2n1. The van der Waals surface area contributed by atoms with Gasteiger partial charge in [0.25, 0.3) is 0 Å².